The summed E-state index contributed by atoms with van der Waals surface area (Å²) < 4.78 is 45.5. The van der Waals surface area contributed by atoms with Crippen LogP contribution in [0.25, 0.3) is 0 Å². The number of anilines is 2. The number of carbonyl (C=O) groups is 1. The SMILES string of the molecule is CC(C)Oc1ccc(NC(=O)Nc2ccc(OC(F)(F)F)cc2)cc1. The molecule has 25 heavy (non-hydrogen) atoms. The molecule has 0 saturated heterocycles. The van der Waals surface area contributed by atoms with Gasteiger partial charge in [0.05, 0.1) is 6.10 Å². The highest BCUT2D eigenvalue weighted by atomic mass is 19.4. The number of ether oxygens (including phenoxy) is 2. The number of hydrogen-bond donors (Lipinski definition) is 2. The van der Waals surface area contributed by atoms with Gasteiger partial charge in [-0.05, 0) is 62.4 Å². The molecule has 0 bridgehead atoms. The highest BCUT2D eigenvalue weighted by Crippen LogP contribution is 2.24. The normalized spacial score (nSPS) is 11.1. The summed E-state index contributed by atoms with van der Waals surface area (Å²) in [7, 11) is 0. The average Bonchev–Trinajstić information content (AvgIpc) is 2.49. The number of hydrogen-bond acceptors (Lipinski definition) is 3. The van der Waals surface area contributed by atoms with Gasteiger partial charge in [0.1, 0.15) is 11.5 Å². The third-order valence-electron chi connectivity index (χ3n) is 2.83. The van der Waals surface area contributed by atoms with Gasteiger partial charge >= 0.3 is 12.4 Å². The minimum Gasteiger partial charge on any atom is -0.491 e. The first-order valence-electron chi connectivity index (χ1n) is 7.42. The Morgan fingerprint density at radius 2 is 1.32 bits per heavy atom. The number of benzene rings is 2. The molecular formula is C17H17F3N2O3. The van der Waals surface area contributed by atoms with E-state index in [0.29, 0.717) is 17.1 Å². The molecule has 0 aliphatic carbocycles. The summed E-state index contributed by atoms with van der Waals surface area (Å²) in [5.41, 5.74) is 0.873. The quantitative estimate of drug-likeness (QED) is 0.793. The van der Waals surface area contributed by atoms with Crippen LogP contribution >= 0.6 is 0 Å². The Balaban J connectivity index is 1.89. The highest BCUT2D eigenvalue weighted by molar-refractivity contribution is 5.99. The van der Waals surface area contributed by atoms with Crippen molar-refractivity contribution in [2.75, 3.05) is 10.6 Å². The second kappa shape index (κ2) is 7.78. The largest absolute Gasteiger partial charge is 0.573 e. The molecule has 2 rings (SSSR count). The molecule has 0 unspecified atom stereocenters. The lowest BCUT2D eigenvalue weighted by Gasteiger charge is -2.12. The number of nitrogens with one attached hydrogen (secondary N) is 2. The molecule has 0 aromatic heterocycles. The van der Waals surface area contributed by atoms with Gasteiger partial charge in [-0.1, -0.05) is 0 Å². The van der Waals surface area contributed by atoms with Gasteiger partial charge < -0.3 is 20.1 Å². The second-order valence-corrected chi connectivity index (χ2v) is 5.34. The number of rotatable bonds is 5. The van der Waals surface area contributed by atoms with Crippen molar-refractivity contribution in [1.82, 2.24) is 0 Å². The predicted octanol–water partition coefficient (Wildman–Crippen LogP) is 5.02. The standard InChI is InChI=1S/C17H17F3N2O3/c1-11(2)24-14-7-3-12(4-8-14)21-16(23)22-13-5-9-15(10-6-13)25-17(18,19)20/h3-11H,1-2H3,(H2,21,22,23). The number of urea groups is 1. The van der Waals surface area contributed by atoms with Crippen LogP contribution in [0.3, 0.4) is 0 Å². The molecule has 0 fully saturated rings. The molecule has 2 N–H and O–H groups in total. The predicted molar refractivity (Wildman–Crippen MR) is 88.0 cm³/mol. The zero-order chi connectivity index (χ0) is 18.4. The van der Waals surface area contributed by atoms with Crippen molar-refractivity contribution in [3.8, 4) is 11.5 Å². The van der Waals surface area contributed by atoms with Crippen LogP contribution < -0.4 is 20.1 Å². The molecule has 0 spiro atoms. The summed E-state index contributed by atoms with van der Waals surface area (Å²) in [6.45, 7) is 3.81. The smallest absolute Gasteiger partial charge is 0.491 e. The second-order valence-electron chi connectivity index (χ2n) is 5.34. The summed E-state index contributed by atoms with van der Waals surface area (Å²) >= 11 is 0. The summed E-state index contributed by atoms with van der Waals surface area (Å²) in [5.74, 6) is 0.320. The fraction of sp³-hybridized carbons (Fsp3) is 0.235. The van der Waals surface area contributed by atoms with E-state index in [1.807, 2.05) is 13.8 Å². The highest BCUT2D eigenvalue weighted by Gasteiger charge is 2.30. The number of alkyl halides is 3. The van der Waals surface area contributed by atoms with Gasteiger partial charge in [0.15, 0.2) is 0 Å². The van der Waals surface area contributed by atoms with Crippen molar-refractivity contribution in [2.24, 2.45) is 0 Å². The number of halogens is 3. The van der Waals surface area contributed by atoms with Crippen LogP contribution in [0.1, 0.15) is 13.8 Å². The molecule has 0 atom stereocenters. The molecule has 0 heterocycles. The van der Waals surface area contributed by atoms with E-state index in [-0.39, 0.29) is 11.9 Å². The van der Waals surface area contributed by atoms with Crippen molar-refractivity contribution in [2.45, 2.75) is 26.3 Å². The molecule has 8 heteroatoms. The Hall–Kier alpha value is -2.90. The van der Waals surface area contributed by atoms with Gasteiger partial charge in [-0.3, -0.25) is 0 Å². The summed E-state index contributed by atoms with van der Waals surface area (Å²) in [4.78, 5) is 11.9. The van der Waals surface area contributed by atoms with Gasteiger partial charge in [0, 0.05) is 11.4 Å². The first kappa shape index (κ1) is 18.4. The van der Waals surface area contributed by atoms with Crippen molar-refractivity contribution >= 4 is 17.4 Å². The minimum atomic E-state index is -4.75. The van der Waals surface area contributed by atoms with E-state index in [1.54, 1.807) is 24.3 Å². The van der Waals surface area contributed by atoms with E-state index < -0.39 is 12.4 Å². The maximum absolute atomic E-state index is 12.1. The van der Waals surface area contributed by atoms with E-state index in [1.165, 1.54) is 12.1 Å². The Kier molecular flexibility index (Phi) is 5.74. The molecule has 0 aliphatic rings. The number of carbonyl (C=O) groups excluding carboxylic acids is 1. The fourth-order valence-corrected chi connectivity index (χ4v) is 1.92. The summed E-state index contributed by atoms with van der Waals surface area (Å²) in [6, 6.07) is 11.1. The zero-order valence-corrected chi connectivity index (χ0v) is 13.6. The fourth-order valence-electron chi connectivity index (χ4n) is 1.92. The third-order valence-corrected chi connectivity index (χ3v) is 2.83. The molecular weight excluding hydrogens is 337 g/mol. The van der Waals surface area contributed by atoms with Crippen LogP contribution in [0.15, 0.2) is 48.5 Å². The summed E-state index contributed by atoms with van der Waals surface area (Å²) in [5, 5.41) is 5.12. The van der Waals surface area contributed by atoms with Crippen LogP contribution in [-0.2, 0) is 0 Å². The van der Waals surface area contributed by atoms with Gasteiger partial charge in [-0.2, -0.15) is 0 Å². The molecule has 2 amide bonds. The van der Waals surface area contributed by atoms with E-state index >= 15 is 0 Å². The Morgan fingerprint density at radius 1 is 0.880 bits per heavy atom. The molecule has 2 aromatic carbocycles. The van der Waals surface area contributed by atoms with Crippen LogP contribution in [0.2, 0.25) is 0 Å². The van der Waals surface area contributed by atoms with Gasteiger partial charge in [-0.25, -0.2) is 4.79 Å². The first-order valence-corrected chi connectivity index (χ1v) is 7.42. The van der Waals surface area contributed by atoms with Gasteiger partial charge in [0.2, 0.25) is 0 Å². The average molecular weight is 354 g/mol. The third kappa shape index (κ3) is 6.62. The molecule has 0 aliphatic heterocycles. The molecule has 2 aromatic rings. The monoisotopic (exact) mass is 354 g/mol. The molecule has 0 saturated carbocycles. The van der Waals surface area contributed by atoms with E-state index in [0.717, 1.165) is 12.1 Å². The Bertz CT molecular complexity index is 699. The van der Waals surface area contributed by atoms with Crippen LogP contribution in [-0.4, -0.2) is 18.5 Å². The number of amides is 2. The molecule has 0 radical (unpaired) electrons. The minimum absolute atomic E-state index is 0.0476. The Labute approximate surface area is 142 Å². The molecule has 5 nitrogen and oxygen atoms in total. The van der Waals surface area contributed by atoms with Gasteiger partial charge in [0.25, 0.3) is 0 Å². The summed E-state index contributed by atoms with van der Waals surface area (Å²) in [6.07, 6.45) is -4.70. The van der Waals surface area contributed by atoms with Gasteiger partial charge in [-0.15, -0.1) is 13.2 Å². The van der Waals surface area contributed by atoms with Crippen molar-refractivity contribution in [3.05, 3.63) is 48.5 Å². The zero-order valence-electron chi connectivity index (χ0n) is 13.6. The molecule has 134 valence electrons. The van der Waals surface area contributed by atoms with E-state index in [2.05, 4.69) is 15.4 Å². The lowest BCUT2D eigenvalue weighted by molar-refractivity contribution is -0.274. The maximum Gasteiger partial charge on any atom is 0.573 e. The van der Waals surface area contributed by atoms with Crippen LogP contribution in [0.4, 0.5) is 29.3 Å². The van der Waals surface area contributed by atoms with E-state index in [9.17, 15) is 18.0 Å². The van der Waals surface area contributed by atoms with E-state index in [4.69, 9.17) is 4.74 Å². The lowest BCUT2D eigenvalue weighted by atomic mass is 10.3. The Morgan fingerprint density at radius 3 is 1.72 bits per heavy atom. The van der Waals surface area contributed by atoms with Crippen molar-refractivity contribution in [3.63, 3.8) is 0 Å². The maximum atomic E-state index is 12.1. The van der Waals surface area contributed by atoms with Crippen LogP contribution in [0, 0.1) is 0 Å². The lowest BCUT2D eigenvalue weighted by Crippen LogP contribution is -2.19. The topological polar surface area (TPSA) is 59.6 Å². The van der Waals surface area contributed by atoms with Crippen LogP contribution in [0.5, 0.6) is 11.5 Å². The van der Waals surface area contributed by atoms with Crippen molar-refractivity contribution < 1.29 is 27.4 Å². The van der Waals surface area contributed by atoms with Crippen molar-refractivity contribution in [1.29, 1.82) is 0 Å². The first-order chi connectivity index (χ1) is 11.7.